The predicted octanol–water partition coefficient (Wildman–Crippen LogP) is 3.75. The van der Waals surface area contributed by atoms with Crippen molar-refractivity contribution in [3.05, 3.63) is 59.4 Å². The summed E-state index contributed by atoms with van der Waals surface area (Å²) in [6, 6.07) is 14.5. The lowest BCUT2D eigenvalue weighted by Gasteiger charge is -2.21. The highest BCUT2D eigenvalue weighted by atomic mass is 19.1. The summed E-state index contributed by atoms with van der Waals surface area (Å²) in [5, 5.41) is 12.0. The Morgan fingerprint density at radius 1 is 1.24 bits per heavy atom. The number of benzene rings is 2. The molecule has 1 N–H and O–H groups in total. The van der Waals surface area contributed by atoms with E-state index in [9.17, 15) is 4.39 Å². The number of halogens is 1. The van der Waals surface area contributed by atoms with E-state index >= 15 is 0 Å². The minimum Gasteiger partial charge on any atom is -0.342 e. The normalized spacial score (nSPS) is 11.8. The van der Waals surface area contributed by atoms with Crippen LogP contribution in [0.5, 0.6) is 0 Å². The Balaban J connectivity index is 2.35. The van der Waals surface area contributed by atoms with Crippen LogP contribution in [0.1, 0.15) is 24.1 Å². The van der Waals surface area contributed by atoms with Gasteiger partial charge in [0.25, 0.3) is 0 Å². The average molecular weight is 283 g/mol. The van der Waals surface area contributed by atoms with Crippen molar-refractivity contribution in [2.45, 2.75) is 13.0 Å². The van der Waals surface area contributed by atoms with E-state index in [-0.39, 0.29) is 11.9 Å². The summed E-state index contributed by atoms with van der Waals surface area (Å²) in [5.41, 5.74) is 2.72. The molecule has 0 amide bonds. The molecule has 0 fully saturated rings. The van der Waals surface area contributed by atoms with Crippen LogP contribution >= 0.6 is 0 Å². The fourth-order valence-electron chi connectivity index (χ4n) is 2.15. The van der Waals surface area contributed by atoms with Crippen molar-refractivity contribution in [2.75, 3.05) is 19.0 Å². The van der Waals surface area contributed by atoms with Crippen molar-refractivity contribution in [3.63, 3.8) is 0 Å². The molecule has 0 saturated carbocycles. The Kier molecular flexibility index (Phi) is 4.56. The van der Waals surface area contributed by atoms with Crippen LogP contribution in [0, 0.1) is 17.1 Å². The van der Waals surface area contributed by atoms with Gasteiger partial charge in [-0.05, 0) is 49.9 Å². The molecule has 0 radical (unpaired) electrons. The van der Waals surface area contributed by atoms with Crippen LogP contribution in [0.4, 0.5) is 15.8 Å². The third kappa shape index (κ3) is 3.21. The Hall–Kier alpha value is -2.38. The number of nitrogens with one attached hydrogen (secondary N) is 1. The molecule has 2 rings (SSSR count). The number of hydrogen-bond donors (Lipinski definition) is 1. The van der Waals surface area contributed by atoms with Gasteiger partial charge in [-0.25, -0.2) is 4.39 Å². The molecular formula is C17H18FN3. The average Bonchev–Trinajstić information content (AvgIpc) is 2.53. The fraction of sp³-hybridized carbons (Fsp3) is 0.235. The van der Waals surface area contributed by atoms with Crippen LogP contribution in [0.15, 0.2) is 42.5 Å². The minimum absolute atomic E-state index is 0.0979. The molecule has 0 spiro atoms. The first-order chi connectivity index (χ1) is 10.1. The zero-order valence-electron chi connectivity index (χ0n) is 12.4. The molecule has 3 nitrogen and oxygen atoms in total. The molecule has 1 unspecified atom stereocenters. The van der Waals surface area contributed by atoms with Gasteiger partial charge in [0.05, 0.1) is 17.3 Å². The second kappa shape index (κ2) is 6.38. The van der Waals surface area contributed by atoms with Gasteiger partial charge in [-0.1, -0.05) is 12.1 Å². The number of anilines is 2. The van der Waals surface area contributed by atoms with E-state index in [1.165, 1.54) is 0 Å². The molecule has 1 atom stereocenters. The Labute approximate surface area is 124 Å². The number of rotatable bonds is 4. The molecule has 108 valence electrons. The largest absolute Gasteiger partial charge is 0.342 e. The highest BCUT2D eigenvalue weighted by Gasteiger charge is 2.12. The molecule has 0 aliphatic rings. The Morgan fingerprint density at radius 2 is 2.00 bits per heavy atom. The fourth-order valence-corrected chi connectivity index (χ4v) is 2.15. The summed E-state index contributed by atoms with van der Waals surface area (Å²) < 4.78 is 14.3. The van der Waals surface area contributed by atoms with E-state index in [2.05, 4.69) is 11.4 Å². The van der Waals surface area contributed by atoms with Crippen molar-refractivity contribution in [1.82, 2.24) is 5.32 Å². The van der Waals surface area contributed by atoms with Gasteiger partial charge < -0.3 is 10.2 Å². The molecule has 0 aliphatic carbocycles. The maximum atomic E-state index is 14.3. The third-order valence-corrected chi connectivity index (χ3v) is 3.63. The quantitative estimate of drug-likeness (QED) is 0.929. The molecular weight excluding hydrogens is 265 g/mol. The third-order valence-electron chi connectivity index (χ3n) is 3.63. The predicted molar refractivity (Wildman–Crippen MR) is 83.1 cm³/mol. The van der Waals surface area contributed by atoms with Crippen LogP contribution in [0.25, 0.3) is 0 Å². The molecule has 0 heterocycles. The summed E-state index contributed by atoms with van der Waals surface area (Å²) >= 11 is 0. The lowest BCUT2D eigenvalue weighted by Crippen LogP contribution is -2.15. The van der Waals surface area contributed by atoms with Gasteiger partial charge in [-0.3, -0.25) is 0 Å². The second-order valence-corrected chi connectivity index (χ2v) is 4.94. The summed E-state index contributed by atoms with van der Waals surface area (Å²) in [5.74, 6) is -0.278. The molecule has 0 aromatic heterocycles. The van der Waals surface area contributed by atoms with Crippen LogP contribution < -0.4 is 10.2 Å². The van der Waals surface area contributed by atoms with Gasteiger partial charge in [-0.15, -0.1) is 0 Å². The maximum Gasteiger partial charge on any atom is 0.147 e. The van der Waals surface area contributed by atoms with E-state index in [1.54, 1.807) is 42.3 Å². The van der Waals surface area contributed by atoms with E-state index < -0.39 is 0 Å². The van der Waals surface area contributed by atoms with E-state index in [0.717, 1.165) is 11.3 Å². The second-order valence-electron chi connectivity index (χ2n) is 4.94. The van der Waals surface area contributed by atoms with Crippen LogP contribution in [-0.4, -0.2) is 14.1 Å². The van der Waals surface area contributed by atoms with Crippen molar-refractivity contribution in [3.8, 4) is 6.07 Å². The monoisotopic (exact) mass is 283 g/mol. The minimum atomic E-state index is -0.278. The van der Waals surface area contributed by atoms with Crippen molar-refractivity contribution >= 4 is 11.4 Å². The highest BCUT2D eigenvalue weighted by molar-refractivity contribution is 5.64. The lowest BCUT2D eigenvalue weighted by atomic mass is 10.1. The van der Waals surface area contributed by atoms with Crippen LogP contribution in [0.3, 0.4) is 0 Å². The zero-order valence-corrected chi connectivity index (χ0v) is 12.4. The molecule has 2 aromatic carbocycles. The first kappa shape index (κ1) is 15.0. The molecule has 2 aromatic rings. The van der Waals surface area contributed by atoms with E-state index in [4.69, 9.17) is 5.26 Å². The highest BCUT2D eigenvalue weighted by Crippen LogP contribution is 2.28. The van der Waals surface area contributed by atoms with Gasteiger partial charge in [0.15, 0.2) is 0 Å². The zero-order chi connectivity index (χ0) is 15.4. The van der Waals surface area contributed by atoms with Gasteiger partial charge in [0.2, 0.25) is 0 Å². The molecule has 0 aliphatic heterocycles. The lowest BCUT2D eigenvalue weighted by molar-refractivity contribution is 0.608. The van der Waals surface area contributed by atoms with Crippen molar-refractivity contribution < 1.29 is 4.39 Å². The number of hydrogen-bond acceptors (Lipinski definition) is 3. The summed E-state index contributed by atoms with van der Waals surface area (Å²) in [6.07, 6.45) is 0. The maximum absolute atomic E-state index is 14.3. The van der Waals surface area contributed by atoms with Crippen LogP contribution in [0.2, 0.25) is 0 Å². The molecule has 0 saturated heterocycles. The van der Waals surface area contributed by atoms with Gasteiger partial charge in [0.1, 0.15) is 5.82 Å². The molecule has 4 heteroatoms. The van der Waals surface area contributed by atoms with Gasteiger partial charge >= 0.3 is 0 Å². The molecule has 0 bridgehead atoms. The summed E-state index contributed by atoms with van der Waals surface area (Å²) in [7, 11) is 3.63. The Bertz CT molecular complexity index is 676. The topological polar surface area (TPSA) is 39.1 Å². The molecule has 21 heavy (non-hydrogen) atoms. The van der Waals surface area contributed by atoms with E-state index in [0.29, 0.717) is 11.3 Å². The smallest absolute Gasteiger partial charge is 0.147 e. The first-order valence-electron chi connectivity index (χ1n) is 6.77. The van der Waals surface area contributed by atoms with Crippen molar-refractivity contribution in [2.24, 2.45) is 0 Å². The van der Waals surface area contributed by atoms with Gasteiger partial charge in [0, 0.05) is 18.8 Å². The number of nitrogens with zero attached hydrogens (tertiary/aromatic N) is 2. The van der Waals surface area contributed by atoms with E-state index in [1.807, 2.05) is 26.1 Å². The van der Waals surface area contributed by atoms with Crippen LogP contribution in [-0.2, 0) is 0 Å². The Morgan fingerprint density at radius 3 is 2.62 bits per heavy atom. The SMILES string of the molecule is CNC(C)c1ccc(N(C)c2cccc(C#N)c2)c(F)c1. The summed E-state index contributed by atoms with van der Waals surface area (Å²) in [6.45, 7) is 1.98. The number of nitriles is 1. The first-order valence-corrected chi connectivity index (χ1v) is 6.77. The standard InChI is InChI=1S/C17H18FN3/c1-12(20-2)14-7-8-17(16(18)10-14)21(3)15-6-4-5-13(9-15)11-19/h4-10,12,20H,1-3H3. The summed E-state index contributed by atoms with van der Waals surface area (Å²) in [4.78, 5) is 1.74. The van der Waals surface area contributed by atoms with Gasteiger partial charge in [-0.2, -0.15) is 5.26 Å². The van der Waals surface area contributed by atoms with Crippen molar-refractivity contribution in [1.29, 1.82) is 5.26 Å².